The van der Waals surface area contributed by atoms with E-state index < -0.39 is 0 Å². The molecule has 0 radical (unpaired) electrons. The lowest BCUT2D eigenvalue weighted by Crippen LogP contribution is -1.85. The number of hydrogen-bond acceptors (Lipinski definition) is 3. The summed E-state index contributed by atoms with van der Waals surface area (Å²) in [6, 6.07) is 25.4. The van der Waals surface area contributed by atoms with Gasteiger partial charge in [0.2, 0.25) is 0 Å². The molecule has 3 nitrogen and oxygen atoms in total. The molecular formula is C18H16O3-2. The quantitative estimate of drug-likeness (QED) is 0.688. The molecule has 0 bridgehead atoms. The van der Waals surface area contributed by atoms with Gasteiger partial charge in [-0.2, -0.15) is 0 Å². The van der Waals surface area contributed by atoms with Crippen molar-refractivity contribution < 1.29 is 15.3 Å². The normalized spacial score (nSPS) is 8.57. The van der Waals surface area contributed by atoms with Gasteiger partial charge in [-0.05, 0) is 12.1 Å². The maximum absolute atomic E-state index is 10.3. The second-order valence-electron chi connectivity index (χ2n) is 3.96. The van der Waals surface area contributed by atoms with Gasteiger partial charge in [0.15, 0.2) is 0 Å². The molecule has 0 atom stereocenters. The van der Waals surface area contributed by atoms with Gasteiger partial charge in [0.05, 0.1) is 0 Å². The zero-order valence-electron chi connectivity index (χ0n) is 11.4. The Morgan fingerprint density at radius 1 is 0.476 bits per heavy atom. The predicted octanol–water partition coefficient (Wildman–Crippen LogP) is 2.91. The Hall–Kier alpha value is -2.94. The molecule has 0 aliphatic carbocycles. The van der Waals surface area contributed by atoms with E-state index >= 15 is 0 Å². The molecular weight excluding hydrogens is 264 g/mol. The van der Waals surface area contributed by atoms with Crippen molar-refractivity contribution in [3.63, 3.8) is 0 Å². The van der Waals surface area contributed by atoms with Crippen LogP contribution in [0.2, 0.25) is 0 Å². The van der Waals surface area contributed by atoms with Crippen LogP contribution in [0.1, 0.15) is 0 Å². The van der Waals surface area contributed by atoms with Crippen LogP contribution in [-0.2, 0) is 0 Å². The van der Waals surface area contributed by atoms with Gasteiger partial charge in [-0.25, -0.2) is 0 Å². The standard InChI is InChI=1S/3C6H6O/c3*7-6-4-2-1-3-5-6/h3*1-5,7H/p-2. The topological polar surface area (TPSA) is 66.3 Å². The fourth-order valence-corrected chi connectivity index (χ4v) is 1.27. The largest absolute Gasteiger partial charge is 0.872 e. The average molecular weight is 280 g/mol. The zero-order valence-corrected chi connectivity index (χ0v) is 11.4. The van der Waals surface area contributed by atoms with E-state index in [0.717, 1.165) is 0 Å². The minimum absolute atomic E-state index is 0.0718. The molecule has 0 saturated heterocycles. The summed E-state index contributed by atoms with van der Waals surface area (Å²) in [6.07, 6.45) is 0. The van der Waals surface area contributed by atoms with E-state index in [1.54, 1.807) is 48.5 Å². The molecule has 1 N–H and O–H groups in total. The third kappa shape index (κ3) is 8.72. The molecule has 3 aromatic rings. The van der Waals surface area contributed by atoms with Gasteiger partial charge >= 0.3 is 0 Å². The fourth-order valence-electron chi connectivity index (χ4n) is 1.27. The van der Waals surface area contributed by atoms with Gasteiger partial charge < -0.3 is 15.3 Å². The van der Waals surface area contributed by atoms with Crippen LogP contribution in [0.3, 0.4) is 0 Å². The van der Waals surface area contributed by atoms with Crippen LogP contribution in [0.4, 0.5) is 0 Å². The van der Waals surface area contributed by atoms with Crippen LogP contribution in [0.15, 0.2) is 91.0 Å². The lowest BCUT2D eigenvalue weighted by molar-refractivity contribution is -0.269. The highest BCUT2D eigenvalue weighted by Crippen LogP contribution is 2.02. The highest BCUT2D eigenvalue weighted by Gasteiger charge is 1.74. The number of para-hydroxylation sites is 3. The van der Waals surface area contributed by atoms with Crippen molar-refractivity contribution in [3.05, 3.63) is 91.0 Å². The average Bonchev–Trinajstić information content (AvgIpc) is 2.51. The third-order valence-corrected chi connectivity index (χ3v) is 2.24. The Kier molecular flexibility index (Phi) is 7.61. The van der Waals surface area contributed by atoms with E-state index in [1.807, 2.05) is 18.2 Å². The van der Waals surface area contributed by atoms with Gasteiger partial charge in [0.1, 0.15) is 5.75 Å². The zero-order chi connectivity index (χ0) is 15.3. The molecule has 0 unspecified atom stereocenters. The molecule has 0 amide bonds. The van der Waals surface area contributed by atoms with E-state index in [1.165, 1.54) is 24.3 Å². The SMILES string of the molecule is Oc1ccccc1.[O-]c1ccccc1.[O-]c1ccccc1. The number of benzene rings is 3. The molecule has 108 valence electrons. The van der Waals surface area contributed by atoms with Crippen molar-refractivity contribution in [1.82, 2.24) is 0 Å². The molecule has 0 fully saturated rings. The van der Waals surface area contributed by atoms with Crippen LogP contribution in [0, 0.1) is 0 Å². The van der Waals surface area contributed by atoms with Gasteiger partial charge in [-0.15, -0.1) is 11.5 Å². The highest BCUT2D eigenvalue weighted by atomic mass is 16.3. The Bertz CT molecular complexity index is 491. The lowest BCUT2D eigenvalue weighted by Gasteiger charge is -1.98. The van der Waals surface area contributed by atoms with Crippen molar-refractivity contribution >= 4 is 0 Å². The van der Waals surface area contributed by atoms with Crippen molar-refractivity contribution in [2.24, 2.45) is 0 Å². The van der Waals surface area contributed by atoms with Crippen molar-refractivity contribution in [1.29, 1.82) is 0 Å². The number of hydrogen-bond donors (Lipinski definition) is 1. The van der Waals surface area contributed by atoms with Crippen LogP contribution in [0.25, 0.3) is 0 Å². The summed E-state index contributed by atoms with van der Waals surface area (Å²) in [7, 11) is 0. The van der Waals surface area contributed by atoms with E-state index in [0.29, 0.717) is 5.75 Å². The molecule has 0 aromatic heterocycles. The summed E-state index contributed by atoms with van der Waals surface area (Å²) in [5.74, 6) is 0.465. The summed E-state index contributed by atoms with van der Waals surface area (Å²) in [6.45, 7) is 0. The van der Waals surface area contributed by atoms with Crippen molar-refractivity contribution in [3.8, 4) is 17.2 Å². The molecule has 0 spiro atoms. The van der Waals surface area contributed by atoms with Crippen LogP contribution in [0.5, 0.6) is 17.2 Å². The first-order valence-electron chi connectivity index (χ1n) is 6.36. The summed E-state index contributed by atoms with van der Waals surface area (Å²) in [4.78, 5) is 0. The van der Waals surface area contributed by atoms with Gasteiger partial charge in [0.25, 0.3) is 0 Å². The molecule has 3 aromatic carbocycles. The lowest BCUT2D eigenvalue weighted by atomic mass is 10.3. The minimum Gasteiger partial charge on any atom is -0.872 e. The molecule has 0 saturated carbocycles. The van der Waals surface area contributed by atoms with Gasteiger partial charge in [-0.3, -0.25) is 0 Å². The van der Waals surface area contributed by atoms with Crippen LogP contribution < -0.4 is 10.2 Å². The molecule has 3 heteroatoms. The molecule has 3 rings (SSSR count). The van der Waals surface area contributed by atoms with Gasteiger partial charge in [0, 0.05) is 0 Å². The van der Waals surface area contributed by atoms with Gasteiger partial charge in [-0.1, -0.05) is 78.9 Å². The maximum atomic E-state index is 10.3. The molecule has 0 heterocycles. The summed E-state index contributed by atoms with van der Waals surface area (Å²) >= 11 is 0. The first kappa shape index (κ1) is 16.1. The smallest absolute Gasteiger partial charge is 0.115 e. The van der Waals surface area contributed by atoms with Crippen molar-refractivity contribution in [2.45, 2.75) is 0 Å². The third-order valence-electron chi connectivity index (χ3n) is 2.24. The first-order chi connectivity index (χ1) is 10.2. The highest BCUT2D eigenvalue weighted by molar-refractivity contribution is 5.19. The van der Waals surface area contributed by atoms with E-state index in [-0.39, 0.29) is 11.5 Å². The summed E-state index contributed by atoms with van der Waals surface area (Å²) < 4.78 is 0. The number of aromatic hydroxyl groups is 1. The monoisotopic (exact) mass is 280 g/mol. The van der Waals surface area contributed by atoms with E-state index in [9.17, 15) is 10.2 Å². The van der Waals surface area contributed by atoms with Crippen LogP contribution >= 0.6 is 0 Å². The Morgan fingerprint density at radius 2 is 0.762 bits per heavy atom. The Morgan fingerprint density at radius 3 is 0.905 bits per heavy atom. The summed E-state index contributed by atoms with van der Waals surface area (Å²) in [5.41, 5.74) is 0. The fraction of sp³-hybridized carbons (Fsp3) is 0. The maximum Gasteiger partial charge on any atom is 0.115 e. The first-order valence-corrected chi connectivity index (χ1v) is 6.36. The summed E-state index contributed by atoms with van der Waals surface area (Å²) in [5, 5.41) is 29.2. The molecule has 21 heavy (non-hydrogen) atoms. The second-order valence-corrected chi connectivity index (χ2v) is 3.96. The predicted molar refractivity (Wildman–Crippen MR) is 79.9 cm³/mol. The molecule has 0 aliphatic rings. The minimum atomic E-state index is 0.0718. The number of phenolic OH excluding ortho intramolecular Hbond substituents is 1. The number of rotatable bonds is 0. The Labute approximate surface area is 124 Å². The van der Waals surface area contributed by atoms with Crippen LogP contribution in [-0.4, -0.2) is 5.11 Å². The Balaban J connectivity index is 0.000000157. The second kappa shape index (κ2) is 9.92. The van der Waals surface area contributed by atoms with E-state index in [4.69, 9.17) is 5.11 Å². The number of phenols is 1. The van der Waals surface area contributed by atoms with E-state index in [2.05, 4.69) is 0 Å². The molecule has 0 aliphatic heterocycles. The van der Waals surface area contributed by atoms with Crippen molar-refractivity contribution in [2.75, 3.05) is 0 Å².